The van der Waals surface area contributed by atoms with Crippen molar-refractivity contribution in [3.05, 3.63) is 29.3 Å². The van der Waals surface area contributed by atoms with Crippen molar-refractivity contribution in [3.8, 4) is 6.07 Å². The number of carbonyl (C=O) groups excluding carboxylic acids is 2. The maximum atomic E-state index is 12.4. The summed E-state index contributed by atoms with van der Waals surface area (Å²) in [5.41, 5.74) is 0.351. The molecule has 1 aromatic carbocycles. The van der Waals surface area contributed by atoms with Crippen molar-refractivity contribution < 1.29 is 28.4 Å². The van der Waals surface area contributed by atoms with Gasteiger partial charge in [-0.3, -0.25) is 0 Å². The minimum atomic E-state index is -0.985. The lowest BCUT2D eigenvalue weighted by Gasteiger charge is -2.32. The van der Waals surface area contributed by atoms with Gasteiger partial charge in [0.2, 0.25) is 0 Å². The van der Waals surface area contributed by atoms with E-state index in [-0.39, 0.29) is 12.8 Å². The topological polar surface area (TPSA) is 107 Å². The zero-order chi connectivity index (χ0) is 24.3. The van der Waals surface area contributed by atoms with E-state index in [4.69, 9.17) is 18.8 Å². The number of amides is 1. The van der Waals surface area contributed by atoms with Crippen LogP contribution in [0.15, 0.2) is 18.2 Å². The lowest BCUT2D eigenvalue weighted by molar-refractivity contribution is -0.143. The Labute approximate surface area is 190 Å². The fourth-order valence-electron chi connectivity index (χ4n) is 3.34. The third-order valence-corrected chi connectivity index (χ3v) is 5.67. The number of carbonyl (C=O) groups is 2. The Hall–Kier alpha value is -2.57. The lowest BCUT2D eigenvalue weighted by atomic mass is 9.73. The quantitative estimate of drug-likeness (QED) is 0.531. The van der Waals surface area contributed by atoms with Crippen LogP contribution in [0, 0.1) is 11.3 Å². The highest BCUT2D eigenvalue weighted by Crippen LogP contribution is 2.37. The van der Waals surface area contributed by atoms with Gasteiger partial charge in [-0.2, -0.15) is 5.26 Å². The molecule has 1 heterocycles. The van der Waals surface area contributed by atoms with Crippen LogP contribution in [0.3, 0.4) is 0 Å². The molecule has 9 heteroatoms. The fourth-order valence-corrected chi connectivity index (χ4v) is 3.34. The Morgan fingerprint density at radius 1 is 1.19 bits per heavy atom. The van der Waals surface area contributed by atoms with E-state index in [2.05, 4.69) is 11.4 Å². The van der Waals surface area contributed by atoms with E-state index in [1.807, 2.05) is 45.9 Å². The first-order valence-corrected chi connectivity index (χ1v) is 10.6. The summed E-state index contributed by atoms with van der Waals surface area (Å²) >= 11 is 0. The van der Waals surface area contributed by atoms with Gasteiger partial charge in [-0.25, -0.2) is 9.59 Å². The summed E-state index contributed by atoms with van der Waals surface area (Å²) in [6.45, 7) is 13.0. The number of hydrogen-bond donors (Lipinski definition) is 1. The van der Waals surface area contributed by atoms with E-state index in [1.165, 1.54) is 7.11 Å². The number of nitriles is 1. The molecule has 1 N–H and O–H groups in total. The van der Waals surface area contributed by atoms with E-state index >= 15 is 0 Å². The van der Waals surface area contributed by atoms with Crippen LogP contribution >= 0.6 is 0 Å². The predicted molar refractivity (Wildman–Crippen MR) is 120 cm³/mol. The van der Waals surface area contributed by atoms with E-state index < -0.39 is 42.0 Å². The van der Waals surface area contributed by atoms with Crippen molar-refractivity contribution in [2.45, 2.75) is 84.2 Å². The monoisotopic (exact) mass is 444 g/mol. The van der Waals surface area contributed by atoms with Gasteiger partial charge < -0.3 is 24.1 Å². The van der Waals surface area contributed by atoms with Crippen LogP contribution in [0.4, 0.5) is 4.79 Å². The van der Waals surface area contributed by atoms with Gasteiger partial charge in [0.25, 0.3) is 0 Å². The summed E-state index contributed by atoms with van der Waals surface area (Å²) in [6, 6.07) is 6.68. The zero-order valence-corrected chi connectivity index (χ0v) is 20.2. The molecule has 0 radical (unpaired) electrons. The van der Waals surface area contributed by atoms with Gasteiger partial charge in [0.1, 0.15) is 11.6 Å². The fraction of sp³-hybridized carbons (Fsp3) is 0.609. The molecule has 174 valence electrons. The first kappa shape index (κ1) is 25.7. The Morgan fingerprint density at radius 3 is 2.28 bits per heavy atom. The Morgan fingerprint density at radius 2 is 1.78 bits per heavy atom. The van der Waals surface area contributed by atoms with Crippen molar-refractivity contribution in [3.63, 3.8) is 0 Å². The molecule has 0 aromatic heterocycles. The largest absolute Gasteiger partial charge is 0.495 e. The molecule has 1 atom stereocenters. The molecule has 0 saturated carbocycles. The summed E-state index contributed by atoms with van der Waals surface area (Å²) in [6.07, 6.45) is -0.511. The maximum Gasteiger partial charge on any atom is 0.495 e. The van der Waals surface area contributed by atoms with Crippen LogP contribution in [0.2, 0.25) is 0 Å². The second-order valence-corrected chi connectivity index (χ2v) is 9.83. The molecule has 1 amide bonds. The molecule has 0 unspecified atom stereocenters. The van der Waals surface area contributed by atoms with Crippen molar-refractivity contribution >= 4 is 24.6 Å². The molecule has 1 saturated heterocycles. The van der Waals surface area contributed by atoms with Gasteiger partial charge >= 0.3 is 19.2 Å². The molecule has 0 aliphatic carbocycles. The smallest absolute Gasteiger partial charge is 0.467 e. The molecule has 2 rings (SSSR count). The third kappa shape index (κ3) is 6.02. The normalized spacial score (nSPS) is 17.9. The molecule has 8 nitrogen and oxygen atoms in total. The first-order chi connectivity index (χ1) is 14.7. The predicted octanol–water partition coefficient (Wildman–Crippen LogP) is 2.66. The van der Waals surface area contributed by atoms with Gasteiger partial charge in [-0.05, 0) is 65.1 Å². The number of nitrogens with zero attached hydrogens (tertiary/aromatic N) is 1. The highest BCUT2D eigenvalue weighted by Gasteiger charge is 2.52. The summed E-state index contributed by atoms with van der Waals surface area (Å²) < 4.78 is 22.5. The van der Waals surface area contributed by atoms with E-state index in [0.717, 1.165) is 5.46 Å². The number of methoxy groups -OCH3 is 1. The van der Waals surface area contributed by atoms with Crippen molar-refractivity contribution in [2.75, 3.05) is 7.11 Å². The molecular formula is C23H33BN2O6. The highest BCUT2D eigenvalue weighted by atomic mass is 16.7. The van der Waals surface area contributed by atoms with Crippen molar-refractivity contribution in [1.29, 1.82) is 5.26 Å². The van der Waals surface area contributed by atoms with Crippen molar-refractivity contribution in [2.24, 2.45) is 0 Å². The van der Waals surface area contributed by atoms with Crippen molar-refractivity contribution in [1.82, 2.24) is 5.32 Å². The Balaban J connectivity index is 2.37. The number of benzene rings is 1. The Bertz CT molecular complexity index is 885. The molecule has 32 heavy (non-hydrogen) atoms. The van der Waals surface area contributed by atoms with Crippen LogP contribution in [0.25, 0.3) is 0 Å². The molecule has 1 aromatic rings. The van der Waals surface area contributed by atoms with Gasteiger partial charge in [0.05, 0.1) is 30.8 Å². The van der Waals surface area contributed by atoms with Gasteiger partial charge in [0, 0.05) is 6.42 Å². The number of esters is 1. The second kappa shape index (κ2) is 9.51. The van der Waals surface area contributed by atoms with Crippen LogP contribution < -0.4 is 10.8 Å². The minimum Gasteiger partial charge on any atom is -0.467 e. The van der Waals surface area contributed by atoms with Crippen LogP contribution in [-0.4, -0.2) is 49.1 Å². The summed E-state index contributed by atoms with van der Waals surface area (Å²) in [5.74, 6) is -0.611. The van der Waals surface area contributed by atoms with Gasteiger partial charge in [-0.1, -0.05) is 18.2 Å². The summed E-state index contributed by atoms with van der Waals surface area (Å²) in [5, 5.41) is 12.0. The molecule has 0 bridgehead atoms. The summed E-state index contributed by atoms with van der Waals surface area (Å²) in [7, 11) is 0.599. The number of ether oxygens (including phenoxy) is 2. The van der Waals surface area contributed by atoms with Crippen LogP contribution in [0.1, 0.15) is 59.6 Å². The lowest BCUT2D eigenvalue weighted by Crippen LogP contribution is -2.46. The molecular weight excluding hydrogens is 411 g/mol. The number of alkyl carbamates (subject to hydrolysis) is 1. The SMILES string of the molecule is COC(=O)[C@H](Cc1cccc(B2OC(C)(C)C(C)(C)O2)c1CC#N)NC(=O)OC(C)(C)C. The van der Waals surface area contributed by atoms with E-state index in [1.54, 1.807) is 20.8 Å². The number of hydrogen-bond acceptors (Lipinski definition) is 7. The second-order valence-electron chi connectivity index (χ2n) is 9.83. The average molecular weight is 444 g/mol. The molecule has 1 aliphatic heterocycles. The summed E-state index contributed by atoms with van der Waals surface area (Å²) in [4.78, 5) is 24.7. The maximum absolute atomic E-state index is 12.4. The Kier molecular flexibility index (Phi) is 7.64. The zero-order valence-electron chi connectivity index (χ0n) is 20.2. The number of nitrogens with one attached hydrogen (secondary N) is 1. The van der Waals surface area contributed by atoms with E-state index in [9.17, 15) is 14.9 Å². The molecule has 1 aliphatic rings. The minimum absolute atomic E-state index is 0.0932. The average Bonchev–Trinajstić information content (AvgIpc) is 2.87. The standard InChI is InChI=1S/C23H33BN2O6/c1-21(2,3)30-20(28)26-18(19(27)29-8)14-15-10-9-11-17(16(15)12-13-25)24-31-22(4,5)23(6,7)32-24/h9-11,18H,12,14H2,1-8H3,(H,26,28)/t18-/m0/s1. The van der Waals surface area contributed by atoms with E-state index in [0.29, 0.717) is 11.1 Å². The van der Waals surface area contributed by atoms with Gasteiger partial charge in [0.15, 0.2) is 0 Å². The molecule has 1 fully saturated rings. The number of rotatable bonds is 6. The van der Waals surface area contributed by atoms with Gasteiger partial charge in [-0.15, -0.1) is 0 Å². The third-order valence-electron chi connectivity index (χ3n) is 5.67. The van der Waals surface area contributed by atoms with Crippen LogP contribution in [-0.2, 0) is 36.4 Å². The first-order valence-electron chi connectivity index (χ1n) is 10.6. The highest BCUT2D eigenvalue weighted by molar-refractivity contribution is 6.62. The van der Waals surface area contributed by atoms with Crippen LogP contribution in [0.5, 0.6) is 0 Å². The molecule has 0 spiro atoms.